The van der Waals surface area contributed by atoms with E-state index in [-0.39, 0.29) is 32.9 Å². The third-order valence-electron chi connectivity index (χ3n) is 0.496. The van der Waals surface area contributed by atoms with Crippen LogP contribution in [0.2, 0.25) is 0 Å². The zero-order valence-corrected chi connectivity index (χ0v) is 15.7. The predicted molar refractivity (Wildman–Crippen MR) is 85.5 cm³/mol. The Morgan fingerprint density at radius 1 is 0.944 bits per heavy atom. The summed E-state index contributed by atoms with van der Waals surface area (Å²) < 4.78 is 0. The molecule has 4 heteroatoms. The van der Waals surface area contributed by atoms with Crippen molar-refractivity contribution < 1.29 is 21.9 Å². The molecule has 0 fully saturated rings. The van der Waals surface area contributed by atoms with Crippen LogP contribution in [-0.4, -0.2) is 46.3 Å². The Balaban J connectivity index is -0.0000000719. The second-order valence-electron chi connectivity index (χ2n) is 4.18. The van der Waals surface area contributed by atoms with Crippen LogP contribution in [0.3, 0.4) is 0 Å². The molecule has 1 rings (SSSR count). The molecule has 0 heterocycles. The van der Waals surface area contributed by atoms with E-state index in [1.165, 1.54) is 0 Å². The minimum Gasteiger partial charge on any atom is -0.999 e. The molecule has 0 atom stereocenters. The van der Waals surface area contributed by atoms with Crippen molar-refractivity contribution in [3.05, 3.63) is 30.3 Å². The van der Waals surface area contributed by atoms with Gasteiger partial charge in [0.1, 0.15) is 0 Å². The van der Waals surface area contributed by atoms with Crippen LogP contribution in [-0.2, 0) is 21.9 Å². The molecule has 0 saturated heterocycles. The number of rotatable bonds is 1. The zero-order valence-electron chi connectivity index (χ0n) is 12.5. The van der Waals surface area contributed by atoms with Crippen molar-refractivity contribution in [2.24, 2.45) is 0 Å². The predicted octanol–water partition coefficient (Wildman–Crippen LogP) is 3.29. The third kappa shape index (κ3) is 95.0. The van der Waals surface area contributed by atoms with Gasteiger partial charge in [-0.25, -0.2) is 0 Å². The van der Waals surface area contributed by atoms with Crippen molar-refractivity contribution in [2.75, 3.05) is 40.0 Å². The average molecular weight is 328 g/mol. The Labute approximate surface area is 127 Å². The van der Waals surface area contributed by atoms with Gasteiger partial charge in [0.25, 0.3) is 0 Å². The standard InChI is InChI=1S/C5H.C3H5O.2C3H9P.Fe/c1-2-4-5-3-1;1-2-3-4;2*1-4(2)3;/h1H;2H2,1H3;2*1-3H3;/q-5;-1;;;+6/p+2. The van der Waals surface area contributed by atoms with Gasteiger partial charge in [0.15, 0.2) is 0 Å². The molecule has 1 aromatic carbocycles. The van der Waals surface area contributed by atoms with Crippen molar-refractivity contribution in [3.63, 3.8) is 0 Å². The molecule has 0 saturated carbocycles. The summed E-state index contributed by atoms with van der Waals surface area (Å²) in [5, 5.41) is 0. The van der Waals surface area contributed by atoms with E-state index in [9.17, 15) is 0 Å². The van der Waals surface area contributed by atoms with Crippen LogP contribution in [0.25, 0.3) is 0 Å². The molecule has 0 bridgehead atoms. The van der Waals surface area contributed by atoms with Gasteiger partial charge < -0.3 is 35.1 Å². The molecule has 0 spiro atoms. The van der Waals surface area contributed by atoms with Crippen molar-refractivity contribution >= 4 is 22.1 Å². The summed E-state index contributed by atoms with van der Waals surface area (Å²) in [6.07, 6.45) is 2.19. The van der Waals surface area contributed by atoms with E-state index in [0.717, 1.165) is 0 Å². The summed E-state index contributed by atoms with van der Waals surface area (Å²) in [7, 11) is 0.241. The quantitative estimate of drug-likeness (QED) is 0.439. The number of carbonyl (C=O) groups excluding carboxylic acids is 1. The smallest absolute Gasteiger partial charge is 0.999 e. The molecule has 0 aliphatic rings. The van der Waals surface area contributed by atoms with Crippen molar-refractivity contribution in [3.8, 4) is 0 Å². The molecule has 0 amide bonds. The summed E-state index contributed by atoms with van der Waals surface area (Å²) >= 11 is 0. The molecule has 1 nitrogen and oxygen atoms in total. The molecule has 0 unspecified atom stereocenters. The molecular weight excluding hydrogens is 302 g/mol. The van der Waals surface area contributed by atoms with E-state index >= 15 is 0 Å². The Bertz CT molecular complexity index is 171. The van der Waals surface area contributed by atoms with Gasteiger partial charge in [-0.15, -0.1) is 0 Å². The molecule has 0 aliphatic heterocycles. The fourth-order valence-corrected chi connectivity index (χ4v) is 0.180. The molecule has 104 valence electrons. The van der Waals surface area contributed by atoms with E-state index in [2.05, 4.69) is 64.3 Å². The summed E-state index contributed by atoms with van der Waals surface area (Å²) in [4.78, 5) is 9.05. The topological polar surface area (TPSA) is 17.1 Å². The maximum Gasteiger partial charge on any atom is 6.00 e. The first kappa shape index (κ1) is 26.9. The van der Waals surface area contributed by atoms with Gasteiger partial charge in [-0.05, 0) is 15.8 Å². The normalized spacial score (nSPS) is 7.61. The van der Waals surface area contributed by atoms with Gasteiger partial charge in [-0.1, -0.05) is 6.92 Å². The van der Waals surface area contributed by atoms with Gasteiger partial charge >= 0.3 is 17.1 Å². The summed E-state index contributed by atoms with van der Waals surface area (Å²) in [5.41, 5.74) is 0. The molecule has 0 N–H and O–H groups in total. The first-order chi connectivity index (χ1) is 7.88. The maximum absolute atomic E-state index is 9.05. The summed E-state index contributed by atoms with van der Waals surface area (Å²) in [6.45, 7) is 15.4. The first-order valence-electron chi connectivity index (χ1n) is 5.59. The van der Waals surface area contributed by atoms with Crippen LogP contribution in [0.15, 0.2) is 6.07 Å². The van der Waals surface area contributed by atoms with Crippen LogP contribution in [0.5, 0.6) is 0 Å². The first-order valence-corrected chi connectivity index (χ1v) is 11.6. The molecule has 0 radical (unpaired) electrons. The van der Waals surface area contributed by atoms with Gasteiger partial charge in [-0.3, -0.25) is 6.29 Å². The van der Waals surface area contributed by atoms with E-state index < -0.39 is 0 Å². The van der Waals surface area contributed by atoms with Gasteiger partial charge in [0, 0.05) is 40.0 Å². The van der Waals surface area contributed by atoms with Crippen LogP contribution >= 0.6 is 15.8 Å². The SMILES string of the molecule is CC[C-]=O.C[PH+](C)C.C[PH+](C)C.[Fe+6].[c-]1[c-][c-][cH-][c-]1. The third-order valence-corrected chi connectivity index (χ3v) is 0.496. The van der Waals surface area contributed by atoms with E-state index in [0.29, 0.717) is 6.42 Å². The van der Waals surface area contributed by atoms with E-state index in [1.807, 2.05) is 0 Å². The van der Waals surface area contributed by atoms with Gasteiger partial charge in [-0.2, -0.15) is 6.42 Å². The van der Waals surface area contributed by atoms with Crippen molar-refractivity contribution in [2.45, 2.75) is 13.3 Å². The summed E-state index contributed by atoms with van der Waals surface area (Å²) in [6, 6.07) is 12.0. The maximum atomic E-state index is 9.05. The molecule has 0 aromatic heterocycles. The monoisotopic (exact) mass is 328 g/mol. The fourth-order valence-electron chi connectivity index (χ4n) is 0.180. The van der Waals surface area contributed by atoms with E-state index in [4.69, 9.17) is 4.79 Å². The Morgan fingerprint density at radius 2 is 1.17 bits per heavy atom. The number of hydrogen-bond acceptors (Lipinski definition) is 1. The van der Waals surface area contributed by atoms with Crippen LogP contribution in [0.1, 0.15) is 13.3 Å². The molecule has 0 aliphatic carbocycles. The molecular formula is C14H26FeOP2+2. The van der Waals surface area contributed by atoms with Crippen LogP contribution in [0.4, 0.5) is 0 Å². The average Bonchev–Trinajstić information content (AvgIpc) is 2.73. The minimum atomic E-state index is 0. The summed E-state index contributed by atoms with van der Waals surface area (Å²) in [5.74, 6) is 0. The Kier molecular flexibility index (Phi) is 38.9. The van der Waals surface area contributed by atoms with E-state index in [1.54, 1.807) is 19.3 Å². The second-order valence-corrected chi connectivity index (χ2v) is 10.2. The Morgan fingerprint density at radius 3 is 1.22 bits per heavy atom. The molecule has 1 aromatic rings. The Hall–Kier alpha value is 0.399. The zero-order chi connectivity index (χ0) is 14.1. The van der Waals surface area contributed by atoms with Crippen LogP contribution in [0, 0.1) is 24.3 Å². The van der Waals surface area contributed by atoms with Crippen molar-refractivity contribution in [1.82, 2.24) is 0 Å². The molecule has 18 heavy (non-hydrogen) atoms. The number of hydrogen-bond donors (Lipinski definition) is 0. The second kappa shape index (κ2) is 26.1. The fraction of sp³-hybridized carbons (Fsp3) is 0.571. The van der Waals surface area contributed by atoms with Crippen molar-refractivity contribution in [1.29, 1.82) is 0 Å². The van der Waals surface area contributed by atoms with Crippen LogP contribution < -0.4 is 0 Å². The largest absolute Gasteiger partial charge is 6.00 e. The van der Waals surface area contributed by atoms with Gasteiger partial charge in [0.05, 0.1) is 0 Å². The minimum absolute atomic E-state index is 0. The van der Waals surface area contributed by atoms with Gasteiger partial charge in [0.2, 0.25) is 0 Å².